The van der Waals surface area contributed by atoms with E-state index in [0.29, 0.717) is 22.6 Å². The molecule has 6 nitrogen and oxygen atoms in total. The molecule has 0 unspecified atom stereocenters. The third-order valence-electron chi connectivity index (χ3n) is 3.87. The number of benzene rings is 2. The van der Waals surface area contributed by atoms with Crippen molar-refractivity contribution in [2.75, 3.05) is 20.3 Å². The number of esters is 1. The molecule has 0 amide bonds. The summed E-state index contributed by atoms with van der Waals surface area (Å²) < 4.78 is 20.9. The number of ether oxygens (including phenoxy) is 3. The molecule has 0 N–H and O–H groups in total. The number of hydrogen-bond donors (Lipinski definition) is 0. The van der Waals surface area contributed by atoms with Gasteiger partial charge in [-0.2, -0.15) is 0 Å². The van der Waals surface area contributed by atoms with E-state index in [1.165, 1.54) is 18.4 Å². The first kappa shape index (κ1) is 18.8. The molecule has 1 heterocycles. The first-order valence-electron chi connectivity index (χ1n) is 8.21. The minimum atomic E-state index is -0.495. The van der Waals surface area contributed by atoms with E-state index < -0.39 is 5.97 Å². The van der Waals surface area contributed by atoms with Crippen LogP contribution in [0.1, 0.15) is 6.92 Å². The molecule has 0 radical (unpaired) electrons. The van der Waals surface area contributed by atoms with Gasteiger partial charge in [0.15, 0.2) is 6.61 Å². The quantitative estimate of drug-likeness (QED) is 0.593. The largest absolute Gasteiger partial charge is 0.497 e. The number of halogens is 1. The van der Waals surface area contributed by atoms with Crippen molar-refractivity contribution in [2.45, 2.75) is 6.92 Å². The molecule has 0 spiro atoms. The average Bonchev–Trinajstić information content (AvgIpc) is 2.67. The minimum Gasteiger partial charge on any atom is -0.497 e. The van der Waals surface area contributed by atoms with E-state index in [1.54, 1.807) is 38.3 Å². The molecule has 27 heavy (non-hydrogen) atoms. The number of rotatable bonds is 6. The first-order valence-corrected chi connectivity index (χ1v) is 8.59. The zero-order chi connectivity index (χ0) is 19.4. The molecule has 7 heteroatoms. The molecule has 0 saturated carbocycles. The summed E-state index contributed by atoms with van der Waals surface area (Å²) >= 11 is 6.27. The first-order chi connectivity index (χ1) is 13.0. The molecule has 3 rings (SSSR count). The minimum absolute atomic E-state index is 0.176. The number of hydrogen-bond acceptors (Lipinski definition) is 6. The van der Waals surface area contributed by atoms with Crippen LogP contribution >= 0.6 is 11.6 Å². The number of fused-ring (bicyclic) bond motifs is 1. The molecule has 0 aliphatic carbocycles. The summed E-state index contributed by atoms with van der Waals surface area (Å²) in [6, 6.07) is 10.0. The maximum absolute atomic E-state index is 12.9. The van der Waals surface area contributed by atoms with E-state index in [-0.39, 0.29) is 34.6 Å². The third-order valence-corrected chi connectivity index (χ3v) is 4.16. The molecular weight excluding hydrogens is 372 g/mol. The van der Waals surface area contributed by atoms with Crippen LogP contribution < -0.4 is 14.9 Å². The fourth-order valence-electron chi connectivity index (χ4n) is 2.58. The Morgan fingerprint density at radius 2 is 1.89 bits per heavy atom. The second-order valence-corrected chi connectivity index (χ2v) is 5.99. The third kappa shape index (κ3) is 4.06. The molecule has 0 atom stereocenters. The summed E-state index contributed by atoms with van der Waals surface area (Å²) in [7, 11) is 1.57. The molecule has 0 fully saturated rings. The van der Waals surface area contributed by atoms with Gasteiger partial charge >= 0.3 is 5.97 Å². The fraction of sp³-hybridized carbons (Fsp3) is 0.200. The Morgan fingerprint density at radius 1 is 1.15 bits per heavy atom. The molecule has 140 valence electrons. The highest BCUT2D eigenvalue weighted by molar-refractivity contribution is 6.35. The van der Waals surface area contributed by atoms with E-state index in [1.807, 2.05) is 0 Å². The van der Waals surface area contributed by atoms with Gasteiger partial charge in [0.05, 0.1) is 29.7 Å². The van der Waals surface area contributed by atoms with Crippen LogP contribution in [0.3, 0.4) is 0 Å². The van der Waals surface area contributed by atoms with Gasteiger partial charge in [0, 0.05) is 6.07 Å². The van der Waals surface area contributed by atoms with Crippen LogP contribution in [0.2, 0.25) is 5.02 Å². The topological polar surface area (TPSA) is 75.0 Å². The van der Waals surface area contributed by atoms with E-state index in [9.17, 15) is 9.59 Å². The highest BCUT2D eigenvalue weighted by atomic mass is 35.5. The van der Waals surface area contributed by atoms with Crippen LogP contribution in [0.4, 0.5) is 0 Å². The Hall–Kier alpha value is -2.99. The lowest BCUT2D eigenvalue weighted by atomic mass is 10.1. The smallest absolute Gasteiger partial charge is 0.344 e. The van der Waals surface area contributed by atoms with E-state index >= 15 is 0 Å². The van der Waals surface area contributed by atoms with Gasteiger partial charge in [0.2, 0.25) is 5.43 Å². The van der Waals surface area contributed by atoms with E-state index in [0.717, 1.165) is 0 Å². The normalized spacial score (nSPS) is 10.6. The molecular formula is C20H17ClO6. The molecule has 1 aromatic heterocycles. The summed E-state index contributed by atoms with van der Waals surface area (Å²) in [4.78, 5) is 24.3. The number of carbonyl (C=O) groups is 1. The standard InChI is InChI=1S/C20H17ClO6/c1-3-25-18(22)11-26-14-8-16(21)19-17(9-14)27-10-15(20(19)23)12-4-6-13(24-2)7-5-12/h4-10H,3,11H2,1-2H3. The van der Waals surface area contributed by atoms with Crippen molar-refractivity contribution in [3.8, 4) is 22.6 Å². The monoisotopic (exact) mass is 388 g/mol. The lowest BCUT2D eigenvalue weighted by Crippen LogP contribution is -2.14. The van der Waals surface area contributed by atoms with Crippen molar-refractivity contribution in [1.29, 1.82) is 0 Å². The van der Waals surface area contributed by atoms with Gasteiger partial charge in [-0.05, 0) is 30.7 Å². The Labute approximate surface area is 160 Å². The van der Waals surface area contributed by atoms with Crippen LogP contribution in [-0.4, -0.2) is 26.3 Å². The maximum atomic E-state index is 12.9. The van der Waals surface area contributed by atoms with Crippen LogP contribution in [0, 0.1) is 0 Å². The molecule has 0 bridgehead atoms. The van der Waals surface area contributed by atoms with Crippen molar-refractivity contribution < 1.29 is 23.4 Å². The second kappa shape index (κ2) is 8.14. The van der Waals surface area contributed by atoms with Gasteiger partial charge in [-0.25, -0.2) is 4.79 Å². The van der Waals surface area contributed by atoms with E-state index in [4.69, 9.17) is 30.2 Å². The average molecular weight is 389 g/mol. The zero-order valence-electron chi connectivity index (χ0n) is 14.8. The zero-order valence-corrected chi connectivity index (χ0v) is 15.5. The van der Waals surface area contributed by atoms with Crippen LogP contribution in [-0.2, 0) is 9.53 Å². The lowest BCUT2D eigenvalue weighted by Gasteiger charge is -2.09. The maximum Gasteiger partial charge on any atom is 0.344 e. The predicted molar refractivity (Wildman–Crippen MR) is 102 cm³/mol. The van der Waals surface area contributed by atoms with Crippen molar-refractivity contribution in [2.24, 2.45) is 0 Å². The summed E-state index contributed by atoms with van der Waals surface area (Å²) in [6.07, 6.45) is 1.37. The summed E-state index contributed by atoms with van der Waals surface area (Å²) in [5.41, 5.74) is 1.07. The van der Waals surface area contributed by atoms with Crippen LogP contribution in [0.5, 0.6) is 11.5 Å². The molecule has 0 aliphatic heterocycles. The molecule has 3 aromatic rings. The Kier molecular flexibility index (Phi) is 5.66. The molecule has 0 aliphatic rings. The highest BCUT2D eigenvalue weighted by Gasteiger charge is 2.14. The van der Waals surface area contributed by atoms with Crippen molar-refractivity contribution in [3.63, 3.8) is 0 Å². The van der Waals surface area contributed by atoms with Gasteiger partial charge in [0.25, 0.3) is 0 Å². The van der Waals surface area contributed by atoms with Crippen molar-refractivity contribution in [3.05, 3.63) is 57.9 Å². The Bertz CT molecular complexity index is 1020. The number of carbonyl (C=O) groups excluding carboxylic acids is 1. The summed E-state index contributed by atoms with van der Waals surface area (Å²) in [5.74, 6) is 0.497. The van der Waals surface area contributed by atoms with Gasteiger partial charge < -0.3 is 18.6 Å². The summed E-state index contributed by atoms with van der Waals surface area (Å²) in [6.45, 7) is 1.72. The van der Waals surface area contributed by atoms with Crippen LogP contribution in [0.25, 0.3) is 22.1 Å². The van der Waals surface area contributed by atoms with Gasteiger partial charge in [0.1, 0.15) is 23.3 Å². The molecule has 2 aromatic carbocycles. The highest BCUT2D eigenvalue weighted by Crippen LogP contribution is 2.30. The fourth-order valence-corrected chi connectivity index (χ4v) is 2.87. The predicted octanol–water partition coefficient (Wildman–Crippen LogP) is 4.06. The van der Waals surface area contributed by atoms with Gasteiger partial charge in [-0.1, -0.05) is 23.7 Å². The van der Waals surface area contributed by atoms with Crippen LogP contribution in [0.15, 0.2) is 51.9 Å². The van der Waals surface area contributed by atoms with E-state index in [2.05, 4.69) is 0 Å². The number of methoxy groups -OCH3 is 1. The SMILES string of the molecule is CCOC(=O)COc1cc(Cl)c2c(=O)c(-c3ccc(OC)cc3)coc2c1. The summed E-state index contributed by atoms with van der Waals surface area (Å²) in [5, 5.41) is 0.420. The van der Waals surface area contributed by atoms with Gasteiger partial charge in [-0.15, -0.1) is 0 Å². The molecule has 0 saturated heterocycles. The van der Waals surface area contributed by atoms with Crippen molar-refractivity contribution in [1.82, 2.24) is 0 Å². The Balaban J connectivity index is 1.96. The van der Waals surface area contributed by atoms with Gasteiger partial charge in [-0.3, -0.25) is 4.79 Å². The lowest BCUT2D eigenvalue weighted by molar-refractivity contribution is -0.145. The Morgan fingerprint density at radius 3 is 2.56 bits per heavy atom. The second-order valence-electron chi connectivity index (χ2n) is 5.58. The van der Waals surface area contributed by atoms with Crippen molar-refractivity contribution >= 4 is 28.5 Å².